The summed E-state index contributed by atoms with van der Waals surface area (Å²) < 4.78 is 25.3. The van der Waals surface area contributed by atoms with Crippen LogP contribution in [0.15, 0.2) is 65.1 Å². The molecule has 0 bridgehead atoms. The van der Waals surface area contributed by atoms with Gasteiger partial charge < -0.3 is 14.8 Å². The molecule has 0 radical (unpaired) electrons. The van der Waals surface area contributed by atoms with Crippen LogP contribution in [0, 0.1) is 15.9 Å². The molecule has 8 nitrogen and oxygen atoms in total. The third-order valence-electron chi connectivity index (χ3n) is 6.90. The minimum Gasteiger partial charge on any atom is -0.493 e. The standard InChI is InChI=1S/C26H23BrFN3O5/c1-14-22(24(31(33)34)26(30-14)18-5-3-4-6-20(18)29-25(26)32)16-11-19(27)23(21(12-16)35-2)36-13-15-7-9-17(28)10-8-15/h3-12,14,22,24,30H,13H2,1-2H3,(H,29,32)/t14-,22-,24+,26-/m0/s1. The van der Waals surface area contributed by atoms with Crippen LogP contribution >= 0.6 is 15.9 Å². The number of benzene rings is 3. The molecule has 3 aromatic rings. The maximum atomic E-state index is 13.2. The highest BCUT2D eigenvalue weighted by molar-refractivity contribution is 9.10. The van der Waals surface area contributed by atoms with E-state index in [0.29, 0.717) is 32.8 Å². The third kappa shape index (κ3) is 3.81. The first-order valence-corrected chi connectivity index (χ1v) is 12.1. The molecule has 1 fully saturated rings. The van der Waals surface area contributed by atoms with Crippen molar-refractivity contribution < 1.29 is 23.6 Å². The van der Waals surface area contributed by atoms with Gasteiger partial charge in [0.1, 0.15) is 12.4 Å². The SMILES string of the molecule is COc1cc([C@@H]2[C@H](C)N[C@]3(C(=O)Nc4ccccc43)[C@@H]2[N+](=O)[O-])cc(Br)c1OCc1ccc(F)cc1. The van der Waals surface area contributed by atoms with Crippen LogP contribution in [0.3, 0.4) is 0 Å². The fourth-order valence-electron chi connectivity index (χ4n) is 5.36. The van der Waals surface area contributed by atoms with Gasteiger partial charge in [0.15, 0.2) is 17.0 Å². The van der Waals surface area contributed by atoms with Crippen molar-refractivity contribution in [3.8, 4) is 11.5 Å². The number of nitrogens with one attached hydrogen (secondary N) is 2. The van der Waals surface area contributed by atoms with Gasteiger partial charge in [-0.2, -0.15) is 0 Å². The number of halogens is 2. The predicted octanol–water partition coefficient (Wildman–Crippen LogP) is 4.74. The minimum atomic E-state index is -1.50. The summed E-state index contributed by atoms with van der Waals surface area (Å²) in [7, 11) is 1.49. The Kier molecular flexibility index (Phi) is 6.17. The van der Waals surface area contributed by atoms with Gasteiger partial charge in [0, 0.05) is 22.2 Å². The lowest BCUT2D eigenvalue weighted by molar-refractivity contribution is -0.532. The maximum absolute atomic E-state index is 13.2. The summed E-state index contributed by atoms with van der Waals surface area (Å²) in [5, 5.41) is 18.6. The molecule has 5 rings (SSSR count). The van der Waals surface area contributed by atoms with Crippen LogP contribution in [-0.4, -0.2) is 30.0 Å². The summed E-state index contributed by atoms with van der Waals surface area (Å²) in [6, 6.07) is 14.8. The molecule has 1 saturated heterocycles. The summed E-state index contributed by atoms with van der Waals surface area (Å²) in [5.41, 5.74) is 1.03. The Hall–Kier alpha value is -3.50. The van der Waals surface area contributed by atoms with Crippen LogP contribution in [-0.2, 0) is 16.9 Å². The number of nitrogens with zero attached hydrogens (tertiary/aromatic N) is 1. The molecular formula is C26H23BrFN3O5. The van der Waals surface area contributed by atoms with Gasteiger partial charge in [-0.3, -0.25) is 20.2 Å². The van der Waals surface area contributed by atoms with E-state index in [1.165, 1.54) is 19.2 Å². The van der Waals surface area contributed by atoms with E-state index in [1.807, 2.05) is 6.92 Å². The lowest BCUT2D eigenvalue weighted by Crippen LogP contribution is -2.54. The largest absolute Gasteiger partial charge is 0.493 e. The van der Waals surface area contributed by atoms with Crippen LogP contribution in [0.2, 0.25) is 0 Å². The van der Waals surface area contributed by atoms with E-state index in [0.717, 1.165) is 5.56 Å². The number of ether oxygens (including phenoxy) is 2. The molecule has 2 aliphatic heterocycles. The summed E-state index contributed by atoms with van der Waals surface area (Å²) in [5.74, 6) is -0.621. The zero-order chi connectivity index (χ0) is 25.6. The number of methoxy groups -OCH3 is 1. The van der Waals surface area contributed by atoms with Crippen molar-refractivity contribution in [2.45, 2.75) is 37.1 Å². The lowest BCUT2D eigenvalue weighted by Gasteiger charge is -2.25. The Labute approximate surface area is 215 Å². The molecule has 2 N–H and O–H groups in total. The average molecular weight is 556 g/mol. The van der Waals surface area contributed by atoms with Crippen molar-refractivity contribution >= 4 is 27.5 Å². The molecule has 1 spiro atoms. The summed E-state index contributed by atoms with van der Waals surface area (Å²) in [6.07, 6.45) is 0. The lowest BCUT2D eigenvalue weighted by atomic mass is 9.78. The normalized spacial score (nSPS) is 24.4. The molecule has 10 heteroatoms. The second-order valence-corrected chi connectivity index (χ2v) is 9.80. The molecule has 0 aliphatic carbocycles. The number of fused-ring (bicyclic) bond motifs is 2. The van der Waals surface area contributed by atoms with Gasteiger partial charge in [-0.25, -0.2) is 4.39 Å². The highest BCUT2D eigenvalue weighted by Gasteiger charge is 2.67. The van der Waals surface area contributed by atoms with Crippen molar-refractivity contribution in [2.75, 3.05) is 12.4 Å². The van der Waals surface area contributed by atoms with Gasteiger partial charge in [-0.15, -0.1) is 0 Å². The average Bonchev–Trinajstić information content (AvgIpc) is 3.32. The second-order valence-electron chi connectivity index (χ2n) is 8.95. The molecule has 4 atom stereocenters. The van der Waals surface area contributed by atoms with Gasteiger partial charge in [-0.05, 0) is 64.3 Å². The minimum absolute atomic E-state index is 0.174. The van der Waals surface area contributed by atoms with Crippen LogP contribution in [0.5, 0.6) is 11.5 Å². The molecule has 2 heterocycles. The number of hydrogen-bond acceptors (Lipinski definition) is 6. The Bertz CT molecular complexity index is 1350. The summed E-state index contributed by atoms with van der Waals surface area (Å²) in [6.45, 7) is 2.01. The number of carbonyl (C=O) groups is 1. The first-order valence-electron chi connectivity index (χ1n) is 11.3. The number of carbonyl (C=O) groups excluding carboxylic acids is 1. The number of hydrogen-bond donors (Lipinski definition) is 2. The Morgan fingerprint density at radius 2 is 1.89 bits per heavy atom. The highest BCUT2D eigenvalue weighted by atomic mass is 79.9. The van der Waals surface area contributed by atoms with Crippen LogP contribution in [0.25, 0.3) is 0 Å². The fraction of sp³-hybridized carbons (Fsp3) is 0.269. The maximum Gasteiger partial charge on any atom is 0.256 e. The number of amides is 1. The van der Waals surface area contributed by atoms with Gasteiger partial charge >= 0.3 is 0 Å². The van der Waals surface area contributed by atoms with E-state index in [1.54, 1.807) is 48.5 Å². The molecule has 1 amide bonds. The molecule has 36 heavy (non-hydrogen) atoms. The van der Waals surface area contributed by atoms with Crippen molar-refractivity contribution in [2.24, 2.45) is 0 Å². The zero-order valence-electron chi connectivity index (χ0n) is 19.5. The number of anilines is 1. The fourth-order valence-corrected chi connectivity index (χ4v) is 5.94. The molecule has 0 unspecified atom stereocenters. The van der Waals surface area contributed by atoms with Gasteiger partial charge in [-0.1, -0.05) is 30.3 Å². The topological polar surface area (TPSA) is 103 Å². The van der Waals surface area contributed by atoms with Gasteiger partial charge in [0.25, 0.3) is 11.9 Å². The van der Waals surface area contributed by atoms with E-state index in [4.69, 9.17) is 9.47 Å². The molecule has 0 aromatic heterocycles. The van der Waals surface area contributed by atoms with Crippen molar-refractivity contribution in [1.82, 2.24) is 5.32 Å². The zero-order valence-corrected chi connectivity index (χ0v) is 21.0. The molecular weight excluding hydrogens is 533 g/mol. The van der Waals surface area contributed by atoms with Crippen LogP contribution in [0.1, 0.15) is 29.5 Å². The summed E-state index contributed by atoms with van der Waals surface area (Å²) in [4.78, 5) is 25.4. The number of nitro groups is 1. The second kappa shape index (κ2) is 9.18. The Morgan fingerprint density at radius 3 is 2.58 bits per heavy atom. The predicted molar refractivity (Wildman–Crippen MR) is 134 cm³/mol. The van der Waals surface area contributed by atoms with Crippen molar-refractivity contribution in [3.63, 3.8) is 0 Å². The van der Waals surface area contributed by atoms with Crippen molar-refractivity contribution in [1.29, 1.82) is 0 Å². The molecule has 186 valence electrons. The summed E-state index contributed by atoms with van der Waals surface area (Å²) >= 11 is 3.53. The van der Waals surface area contributed by atoms with Gasteiger partial charge in [0.05, 0.1) is 17.5 Å². The van der Waals surface area contributed by atoms with Crippen molar-refractivity contribution in [3.05, 3.63) is 97.8 Å². The van der Waals surface area contributed by atoms with E-state index in [2.05, 4.69) is 26.6 Å². The number of para-hydroxylation sites is 1. The van der Waals surface area contributed by atoms with E-state index in [9.17, 15) is 19.3 Å². The van der Waals surface area contributed by atoms with E-state index >= 15 is 0 Å². The van der Waals surface area contributed by atoms with E-state index < -0.39 is 29.4 Å². The Balaban J connectivity index is 1.53. The van der Waals surface area contributed by atoms with Crippen LogP contribution in [0.4, 0.5) is 10.1 Å². The van der Waals surface area contributed by atoms with E-state index in [-0.39, 0.29) is 17.3 Å². The van der Waals surface area contributed by atoms with Gasteiger partial charge in [0.2, 0.25) is 0 Å². The van der Waals surface area contributed by atoms with Crippen LogP contribution < -0.4 is 20.1 Å². The molecule has 3 aromatic carbocycles. The third-order valence-corrected chi connectivity index (χ3v) is 7.49. The number of rotatable bonds is 6. The quantitative estimate of drug-likeness (QED) is 0.336. The molecule has 2 aliphatic rings. The first kappa shape index (κ1) is 24.2. The monoisotopic (exact) mass is 555 g/mol. The Morgan fingerprint density at radius 1 is 1.17 bits per heavy atom. The first-order chi connectivity index (χ1) is 17.3. The molecule has 0 saturated carbocycles. The smallest absolute Gasteiger partial charge is 0.256 e. The highest BCUT2D eigenvalue weighted by Crippen LogP contribution is 2.51.